The summed E-state index contributed by atoms with van der Waals surface area (Å²) in [7, 11) is -3.18. The van der Waals surface area contributed by atoms with Gasteiger partial charge in [0.2, 0.25) is 10.0 Å². The fourth-order valence-electron chi connectivity index (χ4n) is 4.56. The molecule has 0 spiro atoms. The predicted octanol–water partition coefficient (Wildman–Crippen LogP) is 2.27. The lowest BCUT2D eigenvalue weighted by molar-refractivity contribution is 0.449. The number of H-pyrrole nitrogens is 1. The van der Waals surface area contributed by atoms with Crippen molar-refractivity contribution in [2.75, 3.05) is 0 Å². The minimum Gasteiger partial charge on any atom is -0.345 e. The van der Waals surface area contributed by atoms with Gasteiger partial charge in [0.05, 0.1) is 17.0 Å². The summed E-state index contributed by atoms with van der Waals surface area (Å²) in [4.78, 5) is 7.62. The Kier molecular flexibility index (Phi) is 3.80. The lowest BCUT2D eigenvalue weighted by Crippen LogP contribution is -2.35. The van der Waals surface area contributed by atoms with E-state index in [1.807, 2.05) is 13.1 Å². The van der Waals surface area contributed by atoms with E-state index in [4.69, 9.17) is 0 Å². The zero-order valence-corrected chi connectivity index (χ0v) is 16.3. The Morgan fingerprint density at radius 3 is 2.85 bits per heavy atom. The van der Waals surface area contributed by atoms with E-state index in [-0.39, 0.29) is 17.2 Å². The molecule has 9 heteroatoms. The van der Waals surface area contributed by atoms with E-state index >= 15 is 0 Å². The maximum Gasteiger partial charge on any atom is 0.214 e. The zero-order chi connectivity index (χ0) is 18.8. The van der Waals surface area contributed by atoms with E-state index in [2.05, 4.69) is 36.2 Å². The molecule has 2 N–H and O–H groups in total. The summed E-state index contributed by atoms with van der Waals surface area (Å²) in [6.07, 6.45) is 7.85. The van der Waals surface area contributed by atoms with Crippen LogP contribution in [0.25, 0.3) is 16.8 Å². The molecular formula is C18H24N6O2S. The van der Waals surface area contributed by atoms with Gasteiger partial charge in [0.25, 0.3) is 0 Å². The molecule has 2 aliphatic rings. The first kappa shape index (κ1) is 17.1. The predicted molar refractivity (Wildman–Crippen MR) is 102 cm³/mol. The van der Waals surface area contributed by atoms with Crippen molar-refractivity contribution in [3.63, 3.8) is 0 Å². The SMILES string of the molecule is CC[C@@H]1C[C@H](NS(=O)(=O)C2CC2)C[C@@H]1c1nnc2cnc3[nH]cc(C)c3n12. The number of sulfonamides is 1. The highest BCUT2D eigenvalue weighted by molar-refractivity contribution is 7.90. The van der Waals surface area contributed by atoms with E-state index in [1.54, 1.807) is 6.20 Å². The summed E-state index contributed by atoms with van der Waals surface area (Å²) in [5, 5.41) is 8.66. The molecule has 0 aromatic carbocycles. The quantitative estimate of drug-likeness (QED) is 0.697. The lowest BCUT2D eigenvalue weighted by atomic mass is 9.93. The molecule has 3 aromatic rings. The van der Waals surface area contributed by atoms with Gasteiger partial charge in [0.15, 0.2) is 11.3 Å². The third-order valence-corrected chi connectivity index (χ3v) is 8.12. The first-order valence-corrected chi connectivity index (χ1v) is 11.2. The van der Waals surface area contributed by atoms with E-state index in [0.717, 1.165) is 60.3 Å². The van der Waals surface area contributed by atoms with Crippen molar-refractivity contribution >= 4 is 26.8 Å². The molecule has 2 aliphatic carbocycles. The highest BCUT2D eigenvalue weighted by Gasteiger charge is 2.42. The van der Waals surface area contributed by atoms with Gasteiger partial charge in [0.1, 0.15) is 5.82 Å². The zero-order valence-electron chi connectivity index (χ0n) is 15.5. The molecular weight excluding hydrogens is 364 g/mol. The molecule has 8 nitrogen and oxygen atoms in total. The second kappa shape index (κ2) is 6.00. The topological polar surface area (TPSA) is 105 Å². The highest BCUT2D eigenvalue weighted by Crippen LogP contribution is 2.42. The second-order valence-corrected chi connectivity index (χ2v) is 9.98. The third kappa shape index (κ3) is 2.75. The third-order valence-electron chi connectivity index (χ3n) is 6.11. The molecule has 2 saturated carbocycles. The van der Waals surface area contributed by atoms with E-state index in [1.165, 1.54) is 0 Å². The first-order chi connectivity index (χ1) is 13.0. The van der Waals surface area contributed by atoms with Crippen LogP contribution in [0, 0.1) is 12.8 Å². The van der Waals surface area contributed by atoms with Gasteiger partial charge in [-0.1, -0.05) is 13.3 Å². The smallest absolute Gasteiger partial charge is 0.214 e. The van der Waals surface area contributed by atoms with Gasteiger partial charge >= 0.3 is 0 Å². The molecule has 0 unspecified atom stereocenters. The van der Waals surface area contributed by atoms with Crippen molar-refractivity contribution in [2.24, 2.45) is 5.92 Å². The number of rotatable bonds is 5. The van der Waals surface area contributed by atoms with Crippen LogP contribution in [0.3, 0.4) is 0 Å². The molecule has 0 saturated heterocycles. The van der Waals surface area contributed by atoms with Crippen molar-refractivity contribution in [3.8, 4) is 0 Å². The number of nitrogens with one attached hydrogen (secondary N) is 2. The van der Waals surface area contributed by atoms with Crippen LogP contribution < -0.4 is 4.72 Å². The number of nitrogens with zero attached hydrogens (tertiary/aromatic N) is 4. The van der Waals surface area contributed by atoms with Crippen LogP contribution in [0.5, 0.6) is 0 Å². The Hall–Kier alpha value is -2.00. The molecule has 2 fully saturated rings. The molecule has 3 heterocycles. The molecule has 27 heavy (non-hydrogen) atoms. The lowest BCUT2D eigenvalue weighted by Gasteiger charge is -2.16. The van der Waals surface area contributed by atoms with Crippen LogP contribution in [-0.2, 0) is 10.0 Å². The van der Waals surface area contributed by atoms with Gasteiger partial charge in [-0.05, 0) is 44.1 Å². The van der Waals surface area contributed by atoms with Gasteiger partial charge in [-0.2, -0.15) is 0 Å². The number of fused-ring (bicyclic) bond motifs is 3. The summed E-state index contributed by atoms with van der Waals surface area (Å²) in [5.41, 5.74) is 3.65. The summed E-state index contributed by atoms with van der Waals surface area (Å²) in [6, 6.07) is -0.0254. The Morgan fingerprint density at radius 1 is 1.30 bits per heavy atom. The van der Waals surface area contributed by atoms with E-state index in [9.17, 15) is 8.42 Å². The molecule has 5 rings (SSSR count). The molecule has 144 valence electrons. The number of aryl methyl sites for hydroxylation is 1. The largest absolute Gasteiger partial charge is 0.345 e. The Morgan fingerprint density at radius 2 is 2.11 bits per heavy atom. The molecule has 0 radical (unpaired) electrons. The summed E-state index contributed by atoms with van der Waals surface area (Å²) >= 11 is 0. The van der Waals surface area contributed by atoms with E-state index < -0.39 is 10.0 Å². The fraction of sp³-hybridized carbons (Fsp3) is 0.611. The maximum atomic E-state index is 12.4. The average molecular weight is 388 g/mol. The average Bonchev–Trinajstić information content (AvgIpc) is 3.17. The molecule has 0 bridgehead atoms. The van der Waals surface area contributed by atoms with Gasteiger partial charge in [-0.25, -0.2) is 18.1 Å². The van der Waals surface area contributed by atoms with Crippen LogP contribution in [0.4, 0.5) is 0 Å². The van der Waals surface area contributed by atoms with Crippen LogP contribution in [0.2, 0.25) is 0 Å². The van der Waals surface area contributed by atoms with Gasteiger partial charge < -0.3 is 4.98 Å². The van der Waals surface area contributed by atoms with Crippen LogP contribution in [-0.4, -0.2) is 44.3 Å². The van der Waals surface area contributed by atoms with Crippen LogP contribution in [0.15, 0.2) is 12.4 Å². The number of aromatic amines is 1. The van der Waals surface area contributed by atoms with Crippen molar-refractivity contribution in [1.82, 2.24) is 29.3 Å². The summed E-state index contributed by atoms with van der Waals surface area (Å²) in [6.45, 7) is 4.21. The van der Waals surface area contributed by atoms with Crippen molar-refractivity contribution < 1.29 is 8.42 Å². The molecule has 0 amide bonds. The number of hydrogen-bond donors (Lipinski definition) is 2. The number of hydrogen-bond acceptors (Lipinski definition) is 5. The van der Waals surface area contributed by atoms with E-state index in [0.29, 0.717) is 5.92 Å². The monoisotopic (exact) mass is 388 g/mol. The van der Waals surface area contributed by atoms with Crippen molar-refractivity contribution in [2.45, 2.75) is 63.2 Å². The van der Waals surface area contributed by atoms with Crippen LogP contribution >= 0.6 is 0 Å². The highest BCUT2D eigenvalue weighted by atomic mass is 32.2. The minimum atomic E-state index is -3.18. The maximum absolute atomic E-state index is 12.4. The van der Waals surface area contributed by atoms with Crippen LogP contribution in [0.1, 0.15) is 56.3 Å². The Labute approximate surface area is 157 Å². The molecule has 3 atom stereocenters. The first-order valence-electron chi connectivity index (χ1n) is 9.66. The second-order valence-electron chi connectivity index (χ2n) is 7.98. The van der Waals surface area contributed by atoms with Gasteiger partial charge in [-0.15, -0.1) is 10.2 Å². The summed E-state index contributed by atoms with van der Waals surface area (Å²) < 4.78 is 29.8. The minimum absolute atomic E-state index is 0.0254. The Bertz CT molecular complexity index is 1110. The van der Waals surface area contributed by atoms with Crippen molar-refractivity contribution in [3.05, 3.63) is 23.8 Å². The molecule has 0 aliphatic heterocycles. The standard InChI is InChI=1S/C18H24N6O2S/c1-3-11-6-12(23-27(25,26)13-4-5-13)7-14(11)18-22-21-15-9-20-17-16(24(15)18)10(2)8-19-17/h8-9,11-14,19,23H,3-7H2,1-2H3/t11-,12+,14+/m1/s1. The number of aromatic nitrogens is 5. The van der Waals surface area contributed by atoms with Gasteiger partial charge in [0, 0.05) is 18.2 Å². The normalized spacial score (nSPS) is 26.4. The summed E-state index contributed by atoms with van der Waals surface area (Å²) in [5.74, 6) is 1.48. The molecule has 3 aromatic heterocycles. The fourth-order valence-corrected chi connectivity index (χ4v) is 6.17. The Balaban J connectivity index is 1.53. The van der Waals surface area contributed by atoms with Gasteiger partial charge in [-0.3, -0.25) is 4.40 Å². The van der Waals surface area contributed by atoms with Crippen molar-refractivity contribution in [1.29, 1.82) is 0 Å².